The number of hydrogen-bond donors (Lipinski definition) is 2. The van der Waals surface area contributed by atoms with Gasteiger partial charge in [-0.15, -0.1) is 0 Å². The van der Waals surface area contributed by atoms with Gasteiger partial charge in [0, 0.05) is 0 Å². The molecule has 1 saturated heterocycles. The van der Waals surface area contributed by atoms with E-state index < -0.39 is 5.60 Å². The normalized spacial score (nSPS) is 49.4. The van der Waals surface area contributed by atoms with Crippen molar-refractivity contribution in [3.05, 3.63) is 11.6 Å². The maximum absolute atomic E-state index is 10.3. The zero-order valence-electron chi connectivity index (χ0n) is 18.0. The van der Waals surface area contributed by atoms with Gasteiger partial charge >= 0.3 is 0 Å². The number of aliphatic hydroxyl groups is 2. The summed E-state index contributed by atoms with van der Waals surface area (Å²) in [6.07, 6.45) is 15.8. The molecule has 0 aromatic rings. The van der Waals surface area contributed by atoms with Crippen molar-refractivity contribution >= 4 is 0 Å². The van der Waals surface area contributed by atoms with Gasteiger partial charge in [0.05, 0.1) is 19.3 Å². The number of ether oxygens (including phenoxy) is 1. The molecule has 0 radical (unpaired) electrons. The van der Waals surface area contributed by atoms with Crippen LogP contribution in [-0.4, -0.2) is 35.1 Å². The Morgan fingerprint density at radius 2 is 1.89 bits per heavy atom. The van der Waals surface area contributed by atoms with E-state index in [1.54, 1.807) is 5.57 Å². The monoisotopic (exact) mass is 388 g/mol. The van der Waals surface area contributed by atoms with Crippen LogP contribution in [0, 0.1) is 34.5 Å². The minimum atomic E-state index is -0.513. The molecule has 5 aliphatic rings. The molecule has 1 heterocycles. The summed E-state index contributed by atoms with van der Waals surface area (Å²) in [5, 5.41) is 20.5. The molecule has 0 amide bonds. The number of hydrogen-bond acceptors (Lipinski definition) is 3. The van der Waals surface area contributed by atoms with Gasteiger partial charge in [-0.25, -0.2) is 0 Å². The summed E-state index contributed by atoms with van der Waals surface area (Å²) in [4.78, 5) is 0. The lowest BCUT2D eigenvalue weighted by atomic mass is 9.47. The molecule has 1 aliphatic heterocycles. The Labute approximate surface area is 170 Å². The Morgan fingerprint density at radius 3 is 2.64 bits per heavy atom. The first-order chi connectivity index (χ1) is 13.3. The molecule has 3 saturated carbocycles. The van der Waals surface area contributed by atoms with Crippen LogP contribution >= 0.6 is 0 Å². The van der Waals surface area contributed by atoms with Crippen LogP contribution in [0.2, 0.25) is 0 Å². The van der Waals surface area contributed by atoms with E-state index in [0.717, 1.165) is 49.4 Å². The Balaban J connectivity index is 1.28. The van der Waals surface area contributed by atoms with Crippen molar-refractivity contribution < 1.29 is 14.9 Å². The van der Waals surface area contributed by atoms with Crippen LogP contribution in [0.15, 0.2) is 11.6 Å². The second-order valence-electron chi connectivity index (χ2n) is 11.6. The first-order valence-electron chi connectivity index (χ1n) is 12.0. The van der Waals surface area contributed by atoms with E-state index in [2.05, 4.69) is 19.9 Å². The SMILES string of the molecule is CC12CCC(O)CC1=CCC1C2CCC2(C)C(CCCC3(O)COC3)CCC12. The predicted octanol–water partition coefficient (Wildman–Crippen LogP) is 4.86. The van der Waals surface area contributed by atoms with Crippen molar-refractivity contribution in [3.8, 4) is 0 Å². The highest BCUT2D eigenvalue weighted by Crippen LogP contribution is 2.66. The molecular formula is C25H40O3. The quantitative estimate of drug-likeness (QED) is 0.676. The zero-order chi connectivity index (χ0) is 19.6. The smallest absolute Gasteiger partial charge is 0.111 e. The topological polar surface area (TPSA) is 49.7 Å². The molecule has 2 N–H and O–H groups in total. The van der Waals surface area contributed by atoms with E-state index >= 15 is 0 Å². The van der Waals surface area contributed by atoms with Crippen molar-refractivity contribution in [2.24, 2.45) is 34.5 Å². The molecule has 3 heteroatoms. The molecule has 0 spiro atoms. The van der Waals surface area contributed by atoms with E-state index in [1.807, 2.05) is 0 Å². The maximum atomic E-state index is 10.3. The van der Waals surface area contributed by atoms with Crippen molar-refractivity contribution in [1.29, 1.82) is 0 Å². The van der Waals surface area contributed by atoms with E-state index in [0.29, 0.717) is 24.0 Å². The van der Waals surface area contributed by atoms with Crippen molar-refractivity contribution in [2.45, 2.75) is 96.2 Å². The number of fused-ring (bicyclic) bond motifs is 5. The molecule has 4 fully saturated rings. The van der Waals surface area contributed by atoms with E-state index in [4.69, 9.17) is 4.74 Å². The van der Waals surface area contributed by atoms with Crippen LogP contribution < -0.4 is 0 Å². The Morgan fingerprint density at radius 1 is 1.07 bits per heavy atom. The predicted molar refractivity (Wildman–Crippen MR) is 111 cm³/mol. The Kier molecular flexibility index (Phi) is 4.77. The fraction of sp³-hybridized carbons (Fsp3) is 0.920. The molecule has 158 valence electrons. The third-order valence-electron chi connectivity index (χ3n) is 10.2. The van der Waals surface area contributed by atoms with Crippen LogP contribution in [0.3, 0.4) is 0 Å². The van der Waals surface area contributed by atoms with Crippen LogP contribution in [-0.2, 0) is 4.74 Å². The molecule has 28 heavy (non-hydrogen) atoms. The highest BCUT2D eigenvalue weighted by Gasteiger charge is 2.58. The summed E-state index contributed by atoms with van der Waals surface area (Å²) >= 11 is 0. The third-order valence-corrected chi connectivity index (χ3v) is 10.2. The van der Waals surface area contributed by atoms with Gasteiger partial charge in [0.25, 0.3) is 0 Å². The lowest BCUT2D eigenvalue weighted by Gasteiger charge is -2.58. The summed E-state index contributed by atoms with van der Waals surface area (Å²) in [7, 11) is 0. The summed E-state index contributed by atoms with van der Waals surface area (Å²) in [6.45, 7) is 6.23. The molecule has 4 aliphatic carbocycles. The average molecular weight is 389 g/mol. The molecule has 0 bridgehead atoms. The van der Waals surface area contributed by atoms with Crippen molar-refractivity contribution in [1.82, 2.24) is 0 Å². The second-order valence-corrected chi connectivity index (χ2v) is 11.6. The van der Waals surface area contributed by atoms with Gasteiger partial charge in [-0.05, 0) is 98.7 Å². The second kappa shape index (κ2) is 6.82. The minimum absolute atomic E-state index is 0.100. The molecule has 7 atom stereocenters. The number of aliphatic hydroxyl groups excluding tert-OH is 1. The largest absolute Gasteiger partial charge is 0.393 e. The lowest BCUT2D eigenvalue weighted by Crippen LogP contribution is -2.50. The van der Waals surface area contributed by atoms with Crippen molar-refractivity contribution in [3.63, 3.8) is 0 Å². The van der Waals surface area contributed by atoms with Crippen molar-refractivity contribution in [2.75, 3.05) is 13.2 Å². The lowest BCUT2D eigenvalue weighted by molar-refractivity contribution is -0.182. The number of rotatable bonds is 4. The standard InChI is InChI=1S/C25H40O3/c1-23-13-10-22-20(7-5-18-14-19(26)9-12-24(18,22)2)21(23)8-6-17(23)4-3-11-25(27)15-28-16-25/h5,17,19-22,26-27H,3-4,6-16H2,1-2H3. The molecule has 0 aromatic heterocycles. The van der Waals surface area contributed by atoms with Crippen LogP contribution in [0.25, 0.3) is 0 Å². The molecular weight excluding hydrogens is 348 g/mol. The van der Waals surface area contributed by atoms with Gasteiger partial charge in [0.2, 0.25) is 0 Å². The minimum Gasteiger partial charge on any atom is -0.393 e. The summed E-state index contributed by atoms with van der Waals surface area (Å²) < 4.78 is 5.21. The highest BCUT2D eigenvalue weighted by molar-refractivity contribution is 5.25. The third kappa shape index (κ3) is 2.94. The van der Waals surface area contributed by atoms with Gasteiger partial charge in [0.1, 0.15) is 5.60 Å². The zero-order valence-corrected chi connectivity index (χ0v) is 18.0. The molecule has 3 nitrogen and oxygen atoms in total. The van der Waals surface area contributed by atoms with Gasteiger partial charge in [-0.1, -0.05) is 31.9 Å². The van der Waals surface area contributed by atoms with Crippen LogP contribution in [0.5, 0.6) is 0 Å². The Hall–Kier alpha value is -0.380. The highest BCUT2D eigenvalue weighted by atomic mass is 16.5. The van der Waals surface area contributed by atoms with Crippen LogP contribution in [0.4, 0.5) is 0 Å². The van der Waals surface area contributed by atoms with Crippen LogP contribution in [0.1, 0.15) is 84.5 Å². The summed E-state index contributed by atoms with van der Waals surface area (Å²) in [6, 6.07) is 0. The molecule has 7 unspecified atom stereocenters. The Bertz CT molecular complexity index is 638. The average Bonchev–Trinajstić information content (AvgIpc) is 2.97. The van der Waals surface area contributed by atoms with E-state index in [9.17, 15) is 10.2 Å². The van der Waals surface area contributed by atoms with Gasteiger partial charge < -0.3 is 14.9 Å². The van der Waals surface area contributed by atoms with E-state index in [1.165, 1.54) is 44.9 Å². The van der Waals surface area contributed by atoms with Gasteiger partial charge in [-0.2, -0.15) is 0 Å². The summed E-state index contributed by atoms with van der Waals surface area (Å²) in [5.41, 5.74) is 1.94. The first kappa shape index (κ1) is 19.6. The van der Waals surface area contributed by atoms with Gasteiger partial charge in [-0.3, -0.25) is 0 Å². The summed E-state index contributed by atoms with van der Waals surface area (Å²) in [5.74, 6) is 3.42. The van der Waals surface area contributed by atoms with Gasteiger partial charge in [0.15, 0.2) is 0 Å². The first-order valence-corrected chi connectivity index (χ1v) is 12.0. The fourth-order valence-corrected chi connectivity index (χ4v) is 8.38. The number of allylic oxidation sites excluding steroid dienone is 1. The molecule has 0 aromatic carbocycles. The molecule has 5 rings (SSSR count). The fourth-order valence-electron chi connectivity index (χ4n) is 8.38. The van der Waals surface area contributed by atoms with E-state index in [-0.39, 0.29) is 6.10 Å². The maximum Gasteiger partial charge on any atom is 0.111 e.